The van der Waals surface area contributed by atoms with Crippen molar-refractivity contribution in [2.45, 2.75) is 24.3 Å². The largest absolute Gasteiger partial charge is 0.430 e. The van der Waals surface area contributed by atoms with Crippen LogP contribution in [0.2, 0.25) is 0 Å². The minimum atomic E-state index is 0.227. The third-order valence-electron chi connectivity index (χ3n) is 6.47. The lowest BCUT2D eigenvalue weighted by atomic mass is 9.98. The number of carbonyl (C=O) groups is 1. The predicted octanol–water partition coefficient (Wildman–Crippen LogP) is 3.47. The molecule has 1 saturated heterocycles. The molecule has 0 bridgehead atoms. The fraction of sp³-hybridized carbons (Fsp3) is 0.583. The third-order valence-corrected chi connectivity index (χ3v) is 9.13. The molecule has 0 saturated carbocycles. The molecule has 8 nitrogen and oxygen atoms in total. The molecule has 0 aliphatic carbocycles. The fourth-order valence-electron chi connectivity index (χ4n) is 4.31. The van der Waals surface area contributed by atoms with E-state index in [4.69, 9.17) is 9.41 Å². The minimum absolute atomic E-state index is 0.227. The van der Waals surface area contributed by atoms with Gasteiger partial charge < -0.3 is 9.73 Å². The van der Waals surface area contributed by atoms with Gasteiger partial charge in [0.2, 0.25) is 0 Å². The van der Waals surface area contributed by atoms with Crippen molar-refractivity contribution >= 4 is 58.0 Å². The van der Waals surface area contributed by atoms with Gasteiger partial charge in [0.25, 0.3) is 5.22 Å². The maximum atomic E-state index is 12.8. The van der Waals surface area contributed by atoms with Crippen molar-refractivity contribution in [2.24, 2.45) is 10.9 Å². The van der Waals surface area contributed by atoms with Crippen molar-refractivity contribution in [3.8, 4) is 0 Å². The molecule has 2 aliphatic rings. The van der Waals surface area contributed by atoms with Crippen LogP contribution in [-0.2, 0) is 4.79 Å². The van der Waals surface area contributed by atoms with Gasteiger partial charge in [0, 0.05) is 56.3 Å². The number of nitrogens with zero attached hydrogens (tertiary/aromatic N) is 5. The summed E-state index contributed by atoms with van der Waals surface area (Å²) in [5.41, 5.74) is 3.66. The van der Waals surface area contributed by atoms with Gasteiger partial charge in [0.05, 0.1) is 24.0 Å². The Balaban J connectivity index is 1.17. The molecule has 2 atom stereocenters. The van der Waals surface area contributed by atoms with Crippen molar-refractivity contribution < 1.29 is 9.21 Å². The maximum Gasteiger partial charge on any atom is 0.258 e. The van der Waals surface area contributed by atoms with Crippen LogP contribution >= 0.6 is 35.3 Å². The van der Waals surface area contributed by atoms with E-state index in [9.17, 15) is 4.79 Å². The number of oxazole rings is 1. The first-order chi connectivity index (χ1) is 17.0. The van der Waals surface area contributed by atoms with E-state index in [1.165, 1.54) is 0 Å². The molecule has 0 radical (unpaired) electrons. The molecule has 2 aliphatic heterocycles. The second-order valence-corrected chi connectivity index (χ2v) is 11.6. The molecular formula is C24H34N6O2S3. The monoisotopic (exact) mass is 534 g/mol. The van der Waals surface area contributed by atoms with E-state index >= 15 is 0 Å². The van der Waals surface area contributed by atoms with Crippen molar-refractivity contribution in [1.82, 2.24) is 25.1 Å². The van der Waals surface area contributed by atoms with Gasteiger partial charge in [-0.3, -0.25) is 14.6 Å². The predicted molar refractivity (Wildman–Crippen MR) is 149 cm³/mol. The number of ketones is 1. The van der Waals surface area contributed by atoms with E-state index in [-0.39, 0.29) is 5.78 Å². The van der Waals surface area contributed by atoms with Gasteiger partial charge in [-0.25, -0.2) is 9.98 Å². The average Bonchev–Trinajstić information content (AvgIpc) is 3.28. The number of Topliss-reactive ketones (excluding diaryl/α,β-unsaturated/α-hetero) is 1. The number of rotatable bonds is 11. The minimum Gasteiger partial charge on any atom is -0.430 e. The molecule has 2 aromatic heterocycles. The lowest BCUT2D eigenvalue weighted by Gasteiger charge is -2.34. The van der Waals surface area contributed by atoms with Crippen LogP contribution in [0.15, 0.2) is 43.7 Å². The van der Waals surface area contributed by atoms with E-state index in [0.29, 0.717) is 35.1 Å². The molecule has 0 aromatic carbocycles. The lowest BCUT2D eigenvalue weighted by molar-refractivity contribution is -0.119. The average molecular weight is 535 g/mol. The molecule has 2 aromatic rings. The van der Waals surface area contributed by atoms with Gasteiger partial charge in [0.15, 0.2) is 17.0 Å². The highest BCUT2D eigenvalue weighted by Crippen LogP contribution is 2.34. The number of carbonyl (C=O) groups excluding carboxylic acids is 1. The molecule has 4 rings (SSSR count). The van der Waals surface area contributed by atoms with Gasteiger partial charge in [-0.15, -0.1) is 11.8 Å². The van der Waals surface area contributed by atoms with Crippen LogP contribution in [0.3, 0.4) is 0 Å². The van der Waals surface area contributed by atoms with Gasteiger partial charge in [0.1, 0.15) is 5.03 Å². The molecular weight excluding hydrogens is 501 g/mol. The van der Waals surface area contributed by atoms with Crippen LogP contribution in [0, 0.1) is 5.92 Å². The molecule has 11 heteroatoms. The summed E-state index contributed by atoms with van der Waals surface area (Å²) < 4.78 is 5.73. The number of fused-ring (bicyclic) bond motifs is 1. The van der Waals surface area contributed by atoms with Crippen LogP contribution in [-0.4, -0.2) is 101 Å². The van der Waals surface area contributed by atoms with Gasteiger partial charge >= 0.3 is 0 Å². The van der Waals surface area contributed by atoms with Crippen molar-refractivity contribution in [3.63, 3.8) is 0 Å². The summed E-state index contributed by atoms with van der Waals surface area (Å²) in [4.78, 5) is 30.9. The standard InChI is InChI=1S/C24H34N6O2S3/c1-16-17(2)27-23(34-4)20(21(16)33-3)26-14-18(31)15-30-10-8-29(9-11-30)12-13-35-24-28-22-19(32-24)6-5-7-25-22/h5-7,16,21,26H,8-15H2,1-4H3. The highest BCUT2D eigenvalue weighted by molar-refractivity contribution is 8.02. The van der Waals surface area contributed by atoms with Crippen LogP contribution in [0.4, 0.5) is 0 Å². The second-order valence-electron chi connectivity index (χ2n) is 8.78. The first kappa shape index (κ1) is 26.5. The Hall–Kier alpha value is -1.53. The molecule has 2 unspecified atom stereocenters. The normalized spacial score (nSPS) is 22.0. The smallest absolute Gasteiger partial charge is 0.258 e. The Morgan fingerprint density at radius 1 is 1.23 bits per heavy atom. The first-order valence-electron chi connectivity index (χ1n) is 11.9. The number of hydrogen-bond acceptors (Lipinski definition) is 11. The first-order valence-corrected chi connectivity index (χ1v) is 15.4. The molecule has 0 amide bonds. The summed E-state index contributed by atoms with van der Waals surface area (Å²) in [6.07, 6.45) is 5.90. The summed E-state index contributed by atoms with van der Waals surface area (Å²) in [6, 6.07) is 3.74. The zero-order valence-electron chi connectivity index (χ0n) is 20.8. The van der Waals surface area contributed by atoms with Gasteiger partial charge in [-0.1, -0.05) is 18.7 Å². The quantitative estimate of drug-likeness (QED) is 0.433. The lowest BCUT2D eigenvalue weighted by Crippen LogP contribution is -2.49. The summed E-state index contributed by atoms with van der Waals surface area (Å²) >= 11 is 5.09. The van der Waals surface area contributed by atoms with E-state index in [0.717, 1.165) is 60.5 Å². The van der Waals surface area contributed by atoms with Crippen molar-refractivity contribution in [3.05, 3.63) is 29.1 Å². The van der Waals surface area contributed by atoms with Crippen LogP contribution in [0.25, 0.3) is 11.2 Å². The zero-order valence-corrected chi connectivity index (χ0v) is 23.3. The van der Waals surface area contributed by atoms with Crippen LogP contribution < -0.4 is 5.32 Å². The molecule has 190 valence electrons. The number of aliphatic imine (C=N–C) groups is 1. The number of piperazine rings is 1. The molecule has 1 N–H and O–H groups in total. The SMILES string of the molecule is CSC1=C(NCC(=O)CN2CCN(CCSc3nc4ncccc4o3)CC2)C(SC)C(C)C(C)=N1. The maximum absolute atomic E-state index is 12.8. The zero-order chi connectivity index (χ0) is 24.8. The highest BCUT2D eigenvalue weighted by Gasteiger charge is 2.30. The Labute approximate surface area is 220 Å². The topological polar surface area (TPSA) is 86.9 Å². The van der Waals surface area contributed by atoms with Crippen molar-refractivity contribution in [2.75, 3.05) is 64.1 Å². The summed E-state index contributed by atoms with van der Waals surface area (Å²) in [6.45, 7) is 9.89. The molecule has 4 heterocycles. The number of hydrogen-bond donors (Lipinski definition) is 1. The molecule has 0 spiro atoms. The summed E-state index contributed by atoms with van der Waals surface area (Å²) in [5.74, 6) is 1.51. The second kappa shape index (κ2) is 12.6. The van der Waals surface area contributed by atoms with Gasteiger partial charge in [-0.05, 0) is 31.6 Å². The van der Waals surface area contributed by atoms with Crippen molar-refractivity contribution in [1.29, 1.82) is 0 Å². The highest BCUT2D eigenvalue weighted by atomic mass is 32.2. The third kappa shape index (κ3) is 6.82. The van der Waals surface area contributed by atoms with Gasteiger partial charge in [-0.2, -0.15) is 16.7 Å². The van der Waals surface area contributed by atoms with E-state index in [1.807, 2.05) is 30.2 Å². The number of thioether (sulfide) groups is 3. The van der Waals surface area contributed by atoms with Crippen LogP contribution in [0.5, 0.6) is 0 Å². The number of pyridine rings is 1. The molecule has 35 heavy (non-hydrogen) atoms. The Bertz CT molecular complexity index is 1050. The molecule has 1 fully saturated rings. The van der Waals surface area contributed by atoms with E-state index < -0.39 is 0 Å². The Morgan fingerprint density at radius 2 is 2.00 bits per heavy atom. The van der Waals surface area contributed by atoms with E-state index in [1.54, 1.807) is 29.7 Å². The summed E-state index contributed by atoms with van der Waals surface area (Å²) in [5, 5.41) is 5.44. The Morgan fingerprint density at radius 3 is 2.71 bits per heavy atom. The summed E-state index contributed by atoms with van der Waals surface area (Å²) in [7, 11) is 0. The number of aromatic nitrogens is 2. The van der Waals surface area contributed by atoms with Crippen LogP contribution in [0.1, 0.15) is 13.8 Å². The Kier molecular flexibility index (Phi) is 9.57. The van der Waals surface area contributed by atoms with E-state index in [2.05, 4.69) is 45.2 Å². The number of nitrogens with one attached hydrogen (secondary N) is 1. The fourth-order valence-corrected chi connectivity index (χ4v) is 6.90.